The average Bonchev–Trinajstić information content (AvgIpc) is 2.10. The molecular formula is C12H27NO2. The number of rotatable bonds is 6. The SMILES string of the molecule is CCC(C)(C)OCC(O)CNC(C)(C)C. The Bertz CT molecular complexity index is 173. The Morgan fingerprint density at radius 3 is 2.13 bits per heavy atom. The van der Waals surface area contributed by atoms with Gasteiger partial charge in [0.1, 0.15) is 0 Å². The van der Waals surface area contributed by atoms with E-state index in [-0.39, 0.29) is 11.1 Å². The number of ether oxygens (including phenoxy) is 1. The molecule has 15 heavy (non-hydrogen) atoms. The van der Waals surface area contributed by atoms with Crippen molar-refractivity contribution in [3.63, 3.8) is 0 Å². The monoisotopic (exact) mass is 217 g/mol. The molecule has 92 valence electrons. The molecule has 0 amide bonds. The van der Waals surface area contributed by atoms with Crippen LogP contribution in [0.5, 0.6) is 0 Å². The highest BCUT2D eigenvalue weighted by atomic mass is 16.5. The molecule has 0 saturated carbocycles. The van der Waals surface area contributed by atoms with Crippen molar-refractivity contribution in [1.29, 1.82) is 0 Å². The fourth-order valence-electron chi connectivity index (χ4n) is 0.907. The number of aliphatic hydroxyl groups is 1. The highest BCUT2D eigenvalue weighted by molar-refractivity contribution is 4.73. The Hall–Kier alpha value is -0.120. The standard InChI is InChI=1S/C12H27NO2/c1-7-12(5,6)15-9-10(14)8-13-11(2,3)4/h10,13-14H,7-9H2,1-6H3. The molecule has 3 nitrogen and oxygen atoms in total. The fourth-order valence-corrected chi connectivity index (χ4v) is 0.907. The van der Waals surface area contributed by atoms with Crippen LogP contribution in [0.25, 0.3) is 0 Å². The second kappa shape index (κ2) is 5.83. The molecule has 0 radical (unpaired) electrons. The fraction of sp³-hybridized carbons (Fsp3) is 1.00. The van der Waals surface area contributed by atoms with Gasteiger partial charge in [0.25, 0.3) is 0 Å². The van der Waals surface area contributed by atoms with Crippen LogP contribution in [-0.2, 0) is 4.74 Å². The van der Waals surface area contributed by atoms with E-state index in [9.17, 15) is 5.11 Å². The lowest BCUT2D eigenvalue weighted by Crippen LogP contribution is -2.43. The summed E-state index contributed by atoms with van der Waals surface area (Å²) in [6.07, 6.45) is 0.516. The van der Waals surface area contributed by atoms with Crippen LogP contribution in [-0.4, -0.2) is 35.5 Å². The number of hydrogen-bond donors (Lipinski definition) is 2. The zero-order valence-corrected chi connectivity index (χ0v) is 11.1. The van der Waals surface area contributed by atoms with Crippen molar-refractivity contribution in [2.24, 2.45) is 0 Å². The van der Waals surface area contributed by atoms with Crippen LogP contribution in [0.3, 0.4) is 0 Å². The molecule has 0 aliphatic rings. The molecule has 0 heterocycles. The first-order valence-corrected chi connectivity index (χ1v) is 5.73. The lowest BCUT2D eigenvalue weighted by atomic mass is 10.1. The van der Waals surface area contributed by atoms with Crippen molar-refractivity contribution in [2.75, 3.05) is 13.2 Å². The summed E-state index contributed by atoms with van der Waals surface area (Å²) < 4.78 is 5.62. The van der Waals surface area contributed by atoms with Gasteiger partial charge in [-0.1, -0.05) is 6.92 Å². The Kier molecular flexibility index (Phi) is 5.78. The maximum Gasteiger partial charge on any atom is 0.0898 e. The molecule has 0 aliphatic heterocycles. The molecule has 0 aromatic rings. The molecule has 3 heteroatoms. The van der Waals surface area contributed by atoms with Crippen LogP contribution in [0, 0.1) is 0 Å². The molecule has 1 atom stereocenters. The number of aliphatic hydroxyl groups excluding tert-OH is 1. The van der Waals surface area contributed by atoms with Crippen molar-refractivity contribution >= 4 is 0 Å². The van der Waals surface area contributed by atoms with Crippen LogP contribution < -0.4 is 5.32 Å². The van der Waals surface area contributed by atoms with Crippen LogP contribution in [0.1, 0.15) is 48.0 Å². The number of nitrogens with one attached hydrogen (secondary N) is 1. The molecule has 0 fully saturated rings. The van der Waals surface area contributed by atoms with Gasteiger partial charge in [-0.05, 0) is 41.0 Å². The van der Waals surface area contributed by atoms with Gasteiger partial charge in [0.05, 0.1) is 18.3 Å². The normalized spacial score (nSPS) is 15.4. The van der Waals surface area contributed by atoms with E-state index in [4.69, 9.17) is 4.74 Å². The smallest absolute Gasteiger partial charge is 0.0898 e. The van der Waals surface area contributed by atoms with Crippen LogP contribution in [0.4, 0.5) is 0 Å². The highest BCUT2D eigenvalue weighted by Gasteiger charge is 2.18. The van der Waals surface area contributed by atoms with E-state index in [2.05, 4.69) is 33.0 Å². The van der Waals surface area contributed by atoms with Crippen LogP contribution in [0.15, 0.2) is 0 Å². The molecule has 0 aromatic heterocycles. The van der Waals surface area contributed by atoms with E-state index in [1.807, 2.05) is 13.8 Å². The first-order valence-electron chi connectivity index (χ1n) is 5.73. The van der Waals surface area contributed by atoms with E-state index in [1.54, 1.807) is 0 Å². The minimum absolute atomic E-state index is 0.0429. The Morgan fingerprint density at radius 1 is 1.20 bits per heavy atom. The van der Waals surface area contributed by atoms with Crippen molar-refractivity contribution < 1.29 is 9.84 Å². The van der Waals surface area contributed by atoms with Crippen molar-refractivity contribution in [3.05, 3.63) is 0 Å². The van der Waals surface area contributed by atoms with Gasteiger partial charge in [0.15, 0.2) is 0 Å². The summed E-state index contributed by atoms with van der Waals surface area (Å²) >= 11 is 0. The van der Waals surface area contributed by atoms with E-state index in [0.29, 0.717) is 13.2 Å². The van der Waals surface area contributed by atoms with Crippen LogP contribution >= 0.6 is 0 Å². The maximum atomic E-state index is 9.68. The van der Waals surface area contributed by atoms with Gasteiger partial charge in [0, 0.05) is 12.1 Å². The molecule has 0 spiro atoms. The van der Waals surface area contributed by atoms with E-state index in [1.165, 1.54) is 0 Å². The van der Waals surface area contributed by atoms with Crippen LogP contribution in [0.2, 0.25) is 0 Å². The zero-order chi connectivity index (χ0) is 12.1. The second-order valence-electron chi connectivity index (χ2n) is 5.71. The third-order valence-corrected chi connectivity index (χ3v) is 2.39. The van der Waals surface area contributed by atoms with Gasteiger partial charge in [-0.2, -0.15) is 0 Å². The highest BCUT2D eigenvalue weighted by Crippen LogP contribution is 2.13. The third kappa shape index (κ3) is 8.85. The summed E-state index contributed by atoms with van der Waals surface area (Å²) in [5.74, 6) is 0. The molecule has 0 rings (SSSR count). The Morgan fingerprint density at radius 2 is 1.73 bits per heavy atom. The van der Waals surface area contributed by atoms with Crippen molar-refractivity contribution in [1.82, 2.24) is 5.32 Å². The van der Waals surface area contributed by atoms with Gasteiger partial charge < -0.3 is 15.2 Å². The Balaban J connectivity index is 3.71. The molecule has 0 aromatic carbocycles. The molecule has 0 aliphatic carbocycles. The maximum absolute atomic E-state index is 9.68. The summed E-state index contributed by atoms with van der Waals surface area (Å²) in [6.45, 7) is 13.4. The summed E-state index contributed by atoms with van der Waals surface area (Å²) in [4.78, 5) is 0. The molecule has 2 N–H and O–H groups in total. The number of β-amino-alcohol motifs (C(OH)–C–C–N with tert-alkyl or cyclic N) is 1. The van der Waals surface area contributed by atoms with E-state index >= 15 is 0 Å². The minimum Gasteiger partial charge on any atom is -0.389 e. The predicted molar refractivity (Wildman–Crippen MR) is 64.1 cm³/mol. The van der Waals surface area contributed by atoms with Gasteiger partial charge in [-0.25, -0.2) is 0 Å². The molecule has 0 bridgehead atoms. The van der Waals surface area contributed by atoms with E-state index in [0.717, 1.165) is 6.42 Å². The van der Waals surface area contributed by atoms with Crippen molar-refractivity contribution in [2.45, 2.75) is 65.2 Å². The zero-order valence-electron chi connectivity index (χ0n) is 11.1. The lowest BCUT2D eigenvalue weighted by Gasteiger charge is -2.27. The van der Waals surface area contributed by atoms with Gasteiger partial charge in [-0.3, -0.25) is 0 Å². The topological polar surface area (TPSA) is 41.5 Å². The largest absolute Gasteiger partial charge is 0.389 e. The second-order valence-corrected chi connectivity index (χ2v) is 5.71. The van der Waals surface area contributed by atoms with E-state index < -0.39 is 6.10 Å². The first-order chi connectivity index (χ1) is 6.66. The summed E-state index contributed by atoms with van der Waals surface area (Å²) in [6, 6.07) is 0. The first kappa shape index (κ1) is 14.9. The lowest BCUT2D eigenvalue weighted by molar-refractivity contribution is -0.0609. The number of hydrogen-bond acceptors (Lipinski definition) is 3. The van der Waals surface area contributed by atoms with Gasteiger partial charge in [0.2, 0.25) is 0 Å². The quantitative estimate of drug-likeness (QED) is 0.714. The third-order valence-electron chi connectivity index (χ3n) is 2.39. The van der Waals surface area contributed by atoms with Gasteiger partial charge in [-0.15, -0.1) is 0 Å². The summed E-state index contributed by atoms with van der Waals surface area (Å²) in [7, 11) is 0. The predicted octanol–water partition coefficient (Wildman–Crippen LogP) is 1.94. The summed E-state index contributed by atoms with van der Waals surface area (Å²) in [5, 5.41) is 12.9. The van der Waals surface area contributed by atoms with Crippen molar-refractivity contribution in [3.8, 4) is 0 Å². The Labute approximate surface area is 94.2 Å². The summed E-state index contributed by atoms with van der Waals surface area (Å²) in [5.41, 5.74) is -0.0933. The average molecular weight is 217 g/mol. The minimum atomic E-state index is -0.435. The van der Waals surface area contributed by atoms with Gasteiger partial charge >= 0.3 is 0 Å². The molecule has 1 unspecified atom stereocenters. The molecule has 0 saturated heterocycles. The molecular weight excluding hydrogens is 190 g/mol.